The smallest absolute Gasteiger partial charge is 0.341 e. The summed E-state index contributed by atoms with van der Waals surface area (Å²) < 4.78 is 12.1. The summed E-state index contributed by atoms with van der Waals surface area (Å²) in [4.78, 5) is 45.6. The fraction of sp³-hybridized carbons (Fsp3) is 0.273. The van der Waals surface area contributed by atoms with E-state index in [4.69, 9.17) is 14.5 Å². The van der Waals surface area contributed by atoms with Crippen LogP contribution in [0.5, 0.6) is 0 Å². The van der Waals surface area contributed by atoms with Crippen molar-refractivity contribution >= 4 is 66.5 Å². The van der Waals surface area contributed by atoms with Crippen LogP contribution in [0.4, 0.5) is 5.00 Å². The molecule has 7 nitrogen and oxygen atoms in total. The third-order valence-corrected chi connectivity index (χ3v) is 9.77. The summed E-state index contributed by atoms with van der Waals surface area (Å²) in [7, 11) is 0. The lowest BCUT2D eigenvalue weighted by Gasteiger charge is -2.18. The van der Waals surface area contributed by atoms with E-state index < -0.39 is 23.9 Å². The summed E-state index contributed by atoms with van der Waals surface area (Å²) in [5.74, 6) is -1.06. The zero-order valence-corrected chi connectivity index (χ0v) is 25.2. The number of fused-ring (bicyclic) bond motifs is 3. The van der Waals surface area contributed by atoms with E-state index in [9.17, 15) is 14.4 Å². The van der Waals surface area contributed by atoms with Crippen LogP contribution in [0.25, 0.3) is 31.6 Å². The number of amides is 1. The van der Waals surface area contributed by atoms with Crippen molar-refractivity contribution < 1.29 is 23.9 Å². The van der Waals surface area contributed by atoms with Gasteiger partial charge in [0.1, 0.15) is 10.0 Å². The number of anilines is 1. The van der Waals surface area contributed by atoms with Crippen LogP contribution in [-0.2, 0) is 27.1 Å². The van der Waals surface area contributed by atoms with Crippen LogP contribution in [0.15, 0.2) is 60.7 Å². The first-order chi connectivity index (χ1) is 20.3. The molecular weight excluding hydrogens is 569 g/mol. The Morgan fingerprint density at radius 1 is 1.02 bits per heavy atom. The molecule has 1 amide bonds. The SMILES string of the molecule is CCOC(=O)c1c(NC(=O)C(C)OC(=O)c2cccc3cccc(-c4nc5ccccc5s4)c23)sc2c1CCC(C)C2. The molecule has 0 aliphatic heterocycles. The normalized spacial score (nSPS) is 15.3. The quantitative estimate of drug-likeness (QED) is 0.193. The van der Waals surface area contributed by atoms with Gasteiger partial charge in [-0.15, -0.1) is 22.7 Å². The minimum atomic E-state index is -1.10. The highest BCUT2D eigenvalue weighted by Crippen LogP contribution is 2.40. The minimum Gasteiger partial charge on any atom is -0.462 e. The Bertz CT molecular complexity index is 1800. The van der Waals surface area contributed by atoms with Gasteiger partial charge in [-0.05, 0) is 68.2 Å². The zero-order chi connectivity index (χ0) is 29.4. The topological polar surface area (TPSA) is 94.6 Å². The number of esters is 2. The van der Waals surface area contributed by atoms with Gasteiger partial charge in [0.15, 0.2) is 6.10 Å². The van der Waals surface area contributed by atoms with Gasteiger partial charge < -0.3 is 14.8 Å². The number of hydrogen-bond acceptors (Lipinski definition) is 8. The van der Waals surface area contributed by atoms with Gasteiger partial charge in [0.05, 0.1) is 28.0 Å². The van der Waals surface area contributed by atoms with Gasteiger partial charge in [0.25, 0.3) is 5.91 Å². The molecule has 3 aromatic carbocycles. The fourth-order valence-electron chi connectivity index (χ4n) is 5.43. The van der Waals surface area contributed by atoms with E-state index in [1.54, 1.807) is 30.4 Å². The molecular formula is C33H30N2O5S2. The highest BCUT2D eigenvalue weighted by molar-refractivity contribution is 7.21. The van der Waals surface area contributed by atoms with E-state index in [2.05, 4.69) is 12.2 Å². The Hall–Kier alpha value is -4.08. The average Bonchev–Trinajstić information content (AvgIpc) is 3.57. The third-order valence-electron chi connectivity index (χ3n) is 7.53. The van der Waals surface area contributed by atoms with E-state index in [0.717, 1.165) is 61.3 Å². The van der Waals surface area contributed by atoms with Gasteiger partial charge in [-0.25, -0.2) is 14.6 Å². The number of hydrogen-bond donors (Lipinski definition) is 1. The van der Waals surface area contributed by atoms with Crippen molar-refractivity contribution in [2.45, 2.75) is 46.1 Å². The number of nitrogens with zero attached hydrogens (tertiary/aromatic N) is 1. The molecule has 214 valence electrons. The first-order valence-electron chi connectivity index (χ1n) is 14.0. The summed E-state index contributed by atoms with van der Waals surface area (Å²) in [6, 6.07) is 19.2. The Balaban J connectivity index is 1.27. The van der Waals surface area contributed by atoms with Crippen LogP contribution in [0.2, 0.25) is 0 Å². The number of benzene rings is 3. The molecule has 1 aliphatic rings. The number of thiophene rings is 1. The van der Waals surface area contributed by atoms with Crippen molar-refractivity contribution in [2.75, 3.05) is 11.9 Å². The summed E-state index contributed by atoms with van der Waals surface area (Å²) in [6.07, 6.45) is 1.49. The van der Waals surface area contributed by atoms with Gasteiger partial charge in [-0.2, -0.15) is 0 Å². The molecule has 0 saturated heterocycles. The largest absolute Gasteiger partial charge is 0.462 e. The predicted octanol–water partition coefficient (Wildman–Crippen LogP) is 7.66. The maximum atomic E-state index is 13.5. The van der Waals surface area contributed by atoms with Crippen molar-refractivity contribution in [1.29, 1.82) is 0 Å². The van der Waals surface area contributed by atoms with Crippen LogP contribution in [0.1, 0.15) is 58.3 Å². The zero-order valence-electron chi connectivity index (χ0n) is 23.6. The number of rotatable bonds is 7. The summed E-state index contributed by atoms with van der Waals surface area (Å²) >= 11 is 2.96. The number of nitrogens with one attached hydrogen (secondary N) is 1. The van der Waals surface area contributed by atoms with Crippen LogP contribution in [-0.4, -0.2) is 35.5 Å². The number of carbonyl (C=O) groups is 3. The molecule has 0 radical (unpaired) electrons. The lowest BCUT2D eigenvalue weighted by Crippen LogP contribution is -2.30. The van der Waals surface area contributed by atoms with E-state index in [1.165, 1.54) is 18.3 Å². The fourth-order valence-corrected chi connectivity index (χ4v) is 7.82. The van der Waals surface area contributed by atoms with Crippen LogP contribution < -0.4 is 5.32 Å². The highest BCUT2D eigenvalue weighted by Gasteiger charge is 2.31. The standard InChI is InChI=1S/C33H30N2O5S2/c1-4-39-33(38)28-21-16-15-18(2)17-26(21)42-31(28)35-29(36)19(3)40-32(37)23-12-8-10-20-9-7-11-22(27(20)23)30-34-24-13-5-6-14-25(24)41-30/h5-14,18-19H,4,15-17H2,1-3H3,(H,35,36). The molecule has 1 aliphatic carbocycles. The van der Waals surface area contributed by atoms with Gasteiger partial charge in [0, 0.05) is 15.8 Å². The maximum Gasteiger partial charge on any atom is 0.341 e. The first-order valence-corrected chi connectivity index (χ1v) is 15.7. The molecule has 42 heavy (non-hydrogen) atoms. The Kier molecular flexibility index (Phi) is 7.79. The predicted molar refractivity (Wildman–Crippen MR) is 168 cm³/mol. The van der Waals surface area contributed by atoms with Crippen LogP contribution in [0.3, 0.4) is 0 Å². The molecule has 2 atom stereocenters. The molecule has 2 heterocycles. The molecule has 0 fully saturated rings. The number of thiazole rings is 1. The lowest BCUT2D eigenvalue weighted by atomic mass is 9.88. The van der Waals surface area contributed by atoms with Gasteiger partial charge in [-0.3, -0.25) is 4.79 Å². The Morgan fingerprint density at radius 3 is 2.60 bits per heavy atom. The number of aromatic nitrogens is 1. The van der Waals surface area contributed by atoms with E-state index in [-0.39, 0.29) is 6.61 Å². The number of carbonyl (C=O) groups excluding carboxylic acids is 3. The van der Waals surface area contributed by atoms with Crippen molar-refractivity contribution in [2.24, 2.45) is 5.92 Å². The molecule has 6 rings (SSSR count). The van der Waals surface area contributed by atoms with Crippen LogP contribution in [0, 0.1) is 5.92 Å². The monoisotopic (exact) mass is 598 g/mol. The van der Waals surface area contributed by atoms with Gasteiger partial charge >= 0.3 is 11.9 Å². The van der Waals surface area contributed by atoms with Gasteiger partial charge in [-0.1, -0.05) is 49.4 Å². The molecule has 0 spiro atoms. The van der Waals surface area contributed by atoms with E-state index in [0.29, 0.717) is 22.0 Å². The van der Waals surface area contributed by atoms with E-state index >= 15 is 0 Å². The van der Waals surface area contributed by atoms with Crippen LogP contribution >= 0.6 is 22.7 Å². The average molecular weight is 599 g/mol. The second kappa shape index (κ2) is 11.7. The molecule has 2 unspecified atom stereocenters. The molecule has 1 N–H and O–H groups in total. The second-order valence-corrected chi connectivity index (χ2v) is 12.6. The van der Waals surface area contributed by atoms with Crippen molar-refractivity contribution in [3.05, 3.63) is 82.2 Å². The lowest BCUT2D eigenvalue weighted by molar-refractivity contribution is -0.123. The minimum absolute atomic E-state index is 0.241. The number of ether oxygens (including phenoxy) is 2. The Labute approximate surface area is 251 Å². The molecule has 5 aromatic rings. The number of para-hydroxylation sites is 1. The maximum absolute atomic E-state index is 13.5. The third kappa shape index (κ3) is 5.30. The molecule has 0 saturated carbocycles. The van der Waals surface area contributed by atoms with Crippen molar-refractivity contribution in [1.82, 2.24) is 4.98 Å². The second-order valence-electron chi connectivity index (χ2n) is 10.5. The molecule has 0 bridgehead atoms. The van der Waals surface area contributed by atoms with Crippen molar-refractivity contribution in [3.8, 4) is 10.6 Å². The molecule has 2 aromatic heterocycles. The highest BCUT2D eigenvalue weighted by atomic mass is 32.1. The summed E-state index contributed by atoms with van der Waals surface area (Å²) in [5.41, 5.74) is 3.46. The summed E-state index contributed by atoms with van der Waals surface area (Å²) in [5, 5.41) is 5.70. The van der Waals surface area contributed by atoms with Crippen molar-refractivity contribution in [3.63, 3.8) is 0 Å². The van der Waals surface area contributed by atoms with E-state index in [1.807, 2.05) is 48.5 Å². The summed E-state index contributed by atoms with van der Waals surface area (Å²) in [6.45, 7) is 5.72. The Morgan fingerprint density at radius 2 is 1.81 bits per heavy atom. The first kappa shape index (κ1) is 28.1. The van der Waals surface area contributed by atoms with Gasteiger partial charge in [0.2, 0.25) is 0 Å². The molecule has 9 heteroatoms.